The van der Waals surface area contributed by atoms with Gasteiger partial charge in [-0.25, -0.2) is 4.98 Å². The molecule has 3 aromatic carbocycles. The molecule has 0 atom stereocenters. The maximum Gasteiger partial charge on any atom is 0.231 e. The SMILES string of the molecule is Cc1[nH]c2cc3c(cc2c2cc4nc5ccccc5c4cc12)OCO3. The second-order valence-electron chi connectivity index (χ2n) is 6.54. The molecule has 25 heavy (non-hydrogen) atoms. The van der Waals surface area contributed by atoms with E-state index in [0.29, 0.717) is 0 Å². The number of aromatic amines is 1. The summed E-state index contributed by atoms with van der Waals surface area (Å²) >= 11 is 0. The minimum absolute atomic E-state index is 0.280. The van der Waals surface area contributed by atoms with Crippen molar-refractivity contribution in [2.24, 2.45) is 0 Å². The monoisotopic (exact) mass is 326 g/mol. The molecule has 120 valence electrons. The highest BCUT2D eigenvalue weighted by Gasteiger charge is 2.17. The molecule has 0 unspecified atom stereocenters. The van der Waals surface area contributed by atoms with Crippen LogP contribution in [0.2, 0.25) is 0 Å². The number of hydrogen-bond acceptors (Lipinski definition) is 3. The van der Waals surface area contributed by atoms with Crippen molar-refractivity contribution in [3.05, 3.63) is 54.2 Å². The van der Waals surface area contributed by atoms with Crippen LogP contribution in [-0.4, -0.2) is 16.8 Å². The highest BCUT2D eigenvalue weighted by Crippen LogP contribution is 2.40. The molecule has 0 fully saturated rings. The molecule has 5 aromatic rings. The summed E-state index contributed by atoms with van der Waals surface area (Å²) in [7, 11) is 0. The van der Waals surface area contributed by atoms with Crippen LogP contribution in [0.25, 0.3) is 43.5 Å². The molecule has 0 bridgehead atoms. The number of H-pyrrole nitrogens is 1. The van der Waals surface area contributed by atoms with Gasteiger partial charge in [-0.3, -0.25) is 0 Å². The van der Waals surface area contributed by atoms with Crippen molar-refractivity contribution in [1.29, 1.82) is 0 Å². The largest absolute Gasteiger partial charge is 0.454 e. The summed E-state index contributed by atoms with van der Waals surface area (Å²) in [6, 6.07) is 16.8. The summed E-state index contributed by atoms with van der Waals surface area (Å²) in [6.07, 6.45) is 0. The van der Waals surface area contributed by atoms with E-state index >= 15 is 0 Å². The number of ether oxygens (including phenoxy) is 2. The first-order valence-electron chi connectivity index (χ1n) is 8.32. The normalized spacial score (nSPS) is 13.5. The van der Waals surface area contributed by atoms with Gasteiger partial charge in [0.05, 0.1) is 16.6 Å². The summed E-state index contributed by atoms with van der Waals surface area (Å²) in [5, 5.41) is 5.90. The molecule has 4 nitrogen and oxygen atoms in total. The Labute approximate surface area is 143 Å². The molecular weight excluding hydrogens is 312 g/mol. The maximum atomic E-state index is 5.57. The first-order valence-corrected chi connectivity index (χ1v) is 8.32. The lowest BCUT2D eigenvalue weighted by Crippen LogP contribution is -1.92. The van der Waals surface area contributed by atoms with E-state index in [1.807, 2.05) is 12.1 Å². The molecule has 4 heteroatoms. The molecule has 0 saturated heterocycles. The Morgan fingerprint density at radius 3 is 2.56 bits per heavy atom. The van der Waals surface area contributed by atoms with Crippen molar-refractivity contribution in [1.82, 2.24) is 9.97 Å². The quantitative estimate of drug-likeness (QED) is 0.405. The Kier molecular flexibility index (Phi) is 2.31. The molecular formula is C21H14N2O2. The third-order valence-corrected chi connectivity index (χ3v) is 5.10. The predicted octanol–water partition coefficient (Wildman–Crippen LogP) is 5.06. The zero-order valence-corrected chi connectivity index (χ0v) is 13.6. The second kappa shape index (κ2) is 4.42. The average molecular weight is 326 g/mol. The molecule has 3 heterocycles. The number of para-hydroxylation sites is 1. The van der Waals surface area contributed by atoms with Crippen molar-refractivity contribution in [2.45, 2.75) is 6.92 Å². The summed E-state index contributed by atoms with van der Waals surface area (Å²) in [6.45, 7) is 2.39. The average Bonchev–Trinajstić information content (AvgIpc) is 3.22. The van der Waals surface area contributed by atoms with Gasteiger partial charge in [-0.05, 0) is 36.6 Å². The van der Waals surface area contributed by atoms with Crippen molar-refractivity contribution in [3.8, 4) is 11.5 Å². The zero-order chi connectivity index (χ0) is 16.5. The van der Waals surface area contributed by atoms with Crippen LogP contribution >= 0.6 is 0 Å². The number of pyridine rings is 1. The molecule has 1 N–H and O–H groups in total. The van der Waals surface area contributed by atoms with Crippen molar-refractivity contribution in [2.75, 3.05) is 6.79 Å². The van der Waals surface area contributed by atoms with Gasteiger partial charge in [0.15, 0.2) is 11.5 Å². The van der Waals surface area contributed by atoms with Crippen LogP contribution in [0.4, 0.5) is 0 Å². The van der Waals surface area contributed by atoms with E-state index in [9.17, 15) is 0 Å². The molecule has 0 radical (unpaired) electrons. The Bertz CT molecular complexity index is 1330. The first-order chi connectivity index (χ1) is 12.3. The zero-order valence-electron chi connectivity index (χ0n) is 13.6. The number of rotatable bonds is 0. The van der Waals surface area contributed by atoms with E-state index in [1.165, 1.54) is 21.5 Å². The van der Waals surface area contributed by atoms with Gasteiger partial charge in [0.1, 0.15) is 0 Å². The second-order valence-corrected chi connectivity index (χ2v) is 6.54. The molecule has 0 aliphatic carbocycles. The minimum atomic E-state index is 0.280. The van der Waals surface area contributed by atoms with Crippen molar-refractivity contribution < 1.29 is 9.47 Å². The highest BCUT2D eigenvalue weighted by molar-refractivity contribution is 6.17. The Hall–Kier alpha value is -3.27. The lowest BCUT2D eigenvalue weighted by molar-refractivity contribution is 0.174. The van der Waals surface area contributed by atoms with Gasteiger partial charge in [0.25, 0.3) is 0 Å². The van der Waals surface area contributed by atoms with E-state index in [4.69, 9.17) is 14.5 Å². The maximum absolute atomic E-state index is 5.57. The Balaban J connectivity index is 1.82. The van der Waals surface area contributed by atoms with Crippen LogP contribution < -0.4 is 9.47 Å². The van der Waals surface area contributed by atoms with Gasteiger partial charge in [-0.1, -0.05) is 18.2 Å². The van der Waals surface area contributed by atoms with E-state index in [1.54, 1.807) is 0 Å². The highest BCUT2D eigenvalue weighted by atomic mass is 16.7. The lowest BCUT2D eigenvalue weighted by atomic mass is 10.0. The summed E-state index contributed by atoms with van der Waals surface area (Å²) < 4.78 is 11.1. The van der Waals surface area contributed by atoms with Crippen molar-refractivity contribution in [3.63, 3.8) is 0 Å². The fourth-order valence-electron chi connectivity index (χ4n) is 3.90. The van der Waals surface area contributed by atoms with E-state index in [2.05, 4.69) is 48.3 Å². The van der Waals surface area contributed by atoms with E-state index < -0.39 is 0 Å². The van der Waals surface area contributed by atoms with E-state index in [0.717, 1.165) is 39.1 Å². The predicted molar refractivity (Wildman–Crippen MR) is 99.5 cm³/mol. The van der Waals surface area contributed by atoms with Crippen LogP contribution in [0.3, 0.4) is 0 Å². The summed E-state index contributed by atoms with van der Waals surface area (Å²) in [5.41, 5.74) is 4.24. The van der Waals surface area contributed by atoms with Crippen LogP contribution in [0, 0.1) is 6.92 Å². The van der Waals surface area contributed by atoms with Gasteiger partial charge >= 0.3 is 0 Å². The Morgan fingerprint density at radius 1 is 0.800 bits per heavy atom. The van der Waals surface area contributed by atoms with Gasteiger partial charge in [0.2, 0.25) is 6.79 Å². The smallest absolute Gasteiger partial charge is 0.231 e. The topological polar surface area (TPSA) is 47.1 Å². The number of aromatic nitrogens is 2. The fourth-order valence-corrected chi connectivity index (χ4v) is 3.90. The van der Waals surface area contributed by atoms with Gasteiger partial charge in [0, 0.05) is 33.3 Å². The number of nitrogens with one attached hydrogen (secondary N) is 1. The summed E-state index contributed by atoms with van der Waals surface area (Å²) in [5.74, 6) is 1.59. The van der Waals surface area contributed by atoms with Crippen LogP contribution in [-0.2, 0) is 0 Å². The number of aryl methyl sites for hydroxylation is 1. The summed E-state index contributed by atoms with van der Waals surface area (Å²) in [4.78, 5) is 8.32. The van der Waals surface area contributed by atoms with Gasteiger partial charge < -0.3 is 14.5 Å². The van der Waals surface area contributed by atoms with Crippen LogP contribution in [0.5, 0.6) is 11.5 Å². The molecule has 0 spiro atoms. The minimum Gasteiger partial charge on any atom is -0.454 e. The molecule has 1 aliphatic heterocycles. The van der Waals surface area contributed by atoms with Crippen LogP contribution in [0.15, 0.2) is 48.5 Å². The number of fused-ring (bicyclic) bond motifs is 7. The van der Waals surface area contributed by atoms with Gasteiger partial charge in [-0.15, -0.1) is 0 Å². The molecule has 2 aromatic heterocycles. The van der Waals surface area contributed by atoms with Gasteiger partial charge in [-0.2, -0.15) is 0 Å². The van der Waals surface area contributed by atoms with Crippen molar-refractivity contribution >= 4 is 43.5 Å². The van der Waals surface area contributed by atoms with E-state index in [-0.39, 0.29) is 6.79 Å². The lowest BCUT2D eigenvalue weighted by Gasteiger charge is -2.10. The molecule has 6 rings (SSSR count). The molecule has 0 amide bonds. The van der Waals surface area contributed by atoms with Crippen LogP contribution in [0.1, 0.15) is 5.69 Å². The first kappa shape index (κ1) is 13.1. The standard InChI is InChI=1S/C21H14N2O2/c1-11-13-6-15-12-4-2-3-5-17(12)23-18(15)7-14(13)16-8-20-21(25-10-24-20)9-19(16)22-11/h2-9,22H,10H2,1H3. The third-order valence-electron chi connectivity index (χ3n) is 5.10. The number of nitrogens with zero attached hydrogens (tertiary/aromatic N) is 1. The third kappa shape index (κ3) is 1.68. The Morgan fingerprint density at radius 2 is 1.64 bits per heavy atom. The fraction of sp³-hybridized carbons (Fsp3) is 0.0952. The molecule has 0 saturated carbocycles. The number of benzene rings is 3. The molecule has 1 aliphatic rings. The number of hydrogen-bond donors (Lipinski definition) is 1.